The van der Waals surface area contributed by atoms with E-state index in [2.05, 4.69) is 20.4 Å². The number of carbonyl (C=O) groups is 2. The molecule has 2 aromatic heterocycles. The summed E-state index contributed by atoms with van der Waals surface area (Å²) in [7, 11) is 0. The first-order valence-corrected chi connectivity index (χ1v) is 8.80. The lowest BCUT2D eigenvalue weighted by molar-refractivity contribution is 0.0925. The van der Waals surface area contributed by atoms with Crippen LogP contribution >= 0.6 is 0 Å². The van der Waals surface area contributed by atoms with Crippen molar-refractivity contribution in [2.45, 2.75) is 0 Å². The molecule has 8 heteroatoms. The number of benzene rings is 2. The molecule has 1 aliphatic heterocycles. The lowest BCUT2D eigenvalue weighted by Crippen LogP contribution is -2.34. The van der Waals surface area contributed by atoms with Crippen LogP contribution in [0.3, 0.4) is 0 Å². The fourth-order valence-corrected chi connectivity index (χ4v) is 3.39. The van der Waals surface area contributed by atoms with Gasteiger partial charge in [-0.2, -0.15) is 15.4 Å². The number of rotatable bonds is 3. The van der Waals surface area contributed by atoms with Crippen molar-refractivity contribution in [2.24, 2.45) is 0 Å². The van der Waals surface area contributed by atoms with Crippen molar-refractivity contribution in [1.82, 2.24) is 20.4 Å². The first-order chi connectivity index (χ1) is 14.1. The number of amides is 2. The van der Waals surface area contributed by atoms with Gasteiger partial charge in [0, 0.05) is 17.3 Å². The zero-order valence-corrected chi connectivity index (χ0v) is 14.9. The quantitative estimate of drug-likeness (QED) is 0.528. The first kappa shape index (κ1) is 16.8. The number of hydrogen-bond donors (Lipinski definition) is 2. The number of aromatic nitrogens is 4. The Balaban J connectivity index is 1.60. The Morgan fingerprint density at radius 3 is 2.34 bits per heavy atom. The highest BCUT2D eigenvalue weighted by Crippen LogP contribution is 2.31. The molecule has 140 valence electrons. The number of imide groups is 1. The Morgan fingerprint density at radius 2 is 1.59 bits per heavy atom. The predicted molar refractivity (Wildman–Crippen MR) is 105 cm³/mol. The first-order valence-electron chi connectivity index (χ1n) is 8.80. The van der Waals surface area contributed by atoms with Gasteiger partial charge in [-0.3, -0.25) is 14.4 Å². The van der Waals surface area contributed by atoms with Gasteiger partial charge in [0.2, 0.25) is 0 Å². The Morgan fingerprint density at radius 1 is 0.793 bits per heavy atom. The third-order valence-electron chi connectivity index (χ3n) is 4.83. The molecule has 2 aromatic carbocycles. The zero-order chi connectivity index (χ0) is 20.0. The van der Waals surface area contributed by atoms with Crippen molar-refractivity contribution in [3.05, 3.63) is 88.5 Å². The van der Waals surface area contributed by atoms with Gasteiger partial charge >= 0.3 is 0 Å². The molecule has 0 spiro atoms. The summed E-state index contributed by atoms with van der Waals surface area (Å²) in [5, 5.41) is 10.3. The van der Waals surface area contributed by atoms with Crippen LogP contribution in [0.2, 0.25) is 0 Å². The van der Waals surface area contributed by atoms with Gasteiger partial charge in [-0.25, -0.2) is 4.90 Å². The van der Waals surface area contributed by atoms with Crippen LogP contribution in [0.15, 0.2) is 71.8 Å². The summed E-state index contributed by atoms with van der Waals surface area (Å²) in [4.78, 5) is 42.0. The van der Waals surface area contributed by atoms with Crippen LogP contribution in [0, 0.1) is 0 Å². The molecule has 0 atom stereocenters. The van der Waals surface area contributed by atoms with Gasteiger partial charge in [-0.05, 0) is 23.8 Å². The third-order valence-corrected chi connectivity index (χ3v) is 4.83. The number of H-pyrrole nitrogens is 2. The highest BCUT2D eigenvalue weighted by atomic mass is 16.2. The molecular formula is C21H13N5O3. The van der Waals surface area contributed by atoms with E-state index in [0.717, 1.165) is 10.5 Å². The molecule has 0 radical (unpaired) electrons. The number of anilines is 1. The molecule has 0 aliphatic carbocycles. The summed E-state index contributed by atoms with van der Waals surface area (Å²) in [6.45, 7) is 0. The van der Waals surface area contributed by atoms with E-state index in [-0.39, 0.29) is 16.8 Å². The second-order valence-electron chi connectivity index (χ2n) is 6.53. The molecule has 0 unspecified atom stereocenters. The molecule has 1 aliphatic rings. The molecule has 2 N–H and O–H groups in total. The van der Waals surface area contributed by atoms with Crippen molar-refractivity contribution in [1.29, 1.82) is 0 Å². The maximum atomic E-state index is 13.0. The second-order valence-corrected chi connectivity index (χ2v) is 6.53. The van der Waals surface area contributed by atoms with Crippen LogP contribution in [0.1, 0.15) is 20.7 Å². The minimum Gasteiger partial charge on any atom is -0.327 e. The van der Waals surface area contributed by atoms with E-state index in [0.29, 0.717) is 16.8 Å². The Hall–Kier alpha value is -4.33. The van der Waals surface area contributed by atoms with E-state index < -0.39 is 17.4 Å². The van der Waals surface area contributed by atoms with Crippen LogP contribution in [-0.4, -0.2) is 32.2 Å². The van der Waals surface area contributed by atoms with E-state index in [1.165, 1.54) is 6.20 Å². The molecule has 29 heavy (non-hydrogen) atoms. The molecule has 5 rings (SSSR count). The van der Waals surface area contributed by atoms with Gasteiger partial charge in [0.1, 0.15) is 11.4 Å². The fraction of sp³-hybridized carbons (Fsp3) is 0. The lowest BCUT2D eigenvalue weighted by Gasteiger charge is -2.14. The van der Waals surface area contributed by atoms with Crippen LogP contribution in [0.5, 0.6) is 0 Å². The number of carbonyl (C=O) groups excluding carboxylic acids is 2. The second kappa shape index (κ2) is 6.38. The molecule has 8 nitrogen and oxygen atoms in total. The van der Waals surface area contributed by atoms with Gasteiger partial charge in [0.15, 0.2) is 0 Å². The highest BCUT2D eigenvalue weighted by Gasteiger charge is 2.38. The highest BCUT2D eigenvalue weighted by molar-refractivity contribution is 6.34. The average molecular weight is 383 g/mol. The topological polar surface area (TPSA) is 112 Å². The molecule has 0 fully saturated rings. The van der Waals surface area contributed by atoms with Gasteiger partial charge in [-0.15, -0.1) is 0 Å². The predicted octanol–water partition coefficient (Wildman–Crippen LogP) is 2.63. The van der Waals surface area contributed by atoms with Gasteiger partial charge < -0.3 is 4.98 Å². The number of aromatic amines is 2. The molecule has 2 amide bonds. The normalized spacial score (nSPS) is 13.0. The summed E-state index contributed by atoms with van der Waals surface area (Å²) in [5.41, 5.74) is 2.68. The van der Waals surface area contributed by atoms with Crippen LogP contribution < -0.4 is 10.5 Å². The zero-order valence-electron chi connectivity index (χ0n) is 14.9. The van der Waals surface area contributed by atoms with Crippen LogP contribution in [0.25, 0.3) is 22.4 Å². The number of nitrogens with zero attached hydrogens (tertiary/aromatic N) is 3. The summed E-state index contributed by atoms with van der Waals surface area (Å²) in [6, 6.07) is 15.8. The standard InChI is InChI=1S/C21H13N5O3/c27-19-18(9-14(10-22-19)12-4-2-1-3-5-12)26-20(28)15-7-6-13(8-16(15)21(26)29)17-11-23-25-24-17/h1-11H,(H,22,27)(H,23,24,25). The van der Waals surface area contributed by atoms with E-state index in [9.17, 15) is 14.4 Å². The molecule has 3 heterocycles. The monoisotopic (exact) mass is 383 g/mol. The maximum Gasteiger partial charge on any atom is 0.272 e. The fourth-order valence-electron chi connectivity index (χ4n) is 3.39. The van der Waals surface area contributed by atoms with Crippen LogP contribution in [-0.2, 0) is 0 Å². The van der Waals surface area contributed by atoms with Crippen molar-refractivity contribution < 1.29 is 9.59 Å². The Kier molecular flexibility index (Phi) is 3.70. The van der Waals surface area contributed by atoms with E-state index in [1.54, 1.807) is 30.5 Å². The molecular weight excluding hydrogens is 370 g/mol. The Labute approximate surface area is 163 Å². The smallest absolute Gasteiger partial charge is 0.272 e. The lowest BCUT2D eigenvalue weighted by atomic mass is 10.0. The number of hydrogen-bond acceptors (Lipinski definition) is 5. The van der Waals surface area contributed by atoms with Gasteiger partial charge in [0.05, 0.1) is 17.3 Å². The van der Waals surface area contributed by atoms with E-state index >= 15 is 0 Å². The summed E-state index contributed by atoms with van der Waals surface area (Å²) in [6.07, 6.45) is 3.08. The van der Waals surface area contributed by atoms with Crippen molar-refractivity contribution in [3.8, 4) is 22.4 Å². The molecule has 0 saturated heterocycles. The van der Waals surface area contributed by atoms with Crippen molar-refractivity contribution in [3.63, 3.8) is 0 Å². The number of pyridine rings is 1. The molecule has 4 aromatic rings. The van der Waals surface area contributed by atoms with Crippen LogP contribution in [0.4, 0.5) is 5.69 Å². The summed E-state index contributed by atoms with van der Waals surface area (Å²) < 4.78 is 0. The SMILES string of the molecule is O=C1c2ccc(-c3cn[nH]n3)cc2C(=O)N1c1cc(-c2ccccc2)c[nH]c1=O. The van der Waals surface area contributed by atoms with Crippen molar-refractivity contribution in [2.75, 3.05) is 4.90 Å². The van der Waals surface area contributed by atoms with Gasteiger partial charge in [-0.1, -0.05) is 36.4 Å². The average Bonchev–Trinajstić information content (AvgIpc) is 3.37. The maximum absolute atomic E-state index is 13.0. The molecule has 0 bridgehead atoms. The summed E-state index contributed by atoms with van der Waals surface area (Å²) in [5.74, 6) is -1.08. The van der Waals surface area contributed by atoms with E-state index in [1.807, 2.05) is 30.3 Å². The van der Waals surface area contributed by atoms with Gasteiger partial charge in [0.25, 0.3) is 17.4 Å². The summed E-state index contributed by atoms with van der Waals surface area (Å²) >= 11 is 0. The largest absolute Gasteiger partial charge is 0.327 e. The van der Waals surface area contributed by atoms with E-state index in [4.69, 9.17) is 0 Å². The number of nitrogens with one attached hydrogen (secondary N) is 2. The molecule has 0 saturated carbocycles. The number of fused-ring (bicyclic) bond motifs is 1. The van der Waals surface area contributed by atoms with Crippen molar-refractivity contribution >= 4 is 17.5 Å². The minimum absolute atomic E-state index is 0.0134. The Bertz CT molecular complexity index is 1310. The minimum atomic E-state index is -0.550. The third kappa shape index (κ3) is 2.66.